The number of aromatic nitrogens is 1. The van der Waals surface area contributed by atoms with Gasteiger partial charge in [-0.15, -0.1) is 0 Å². The van der Waals surface area contributed by atoms with Gasteiger partial charge in [0.15, 0.2) is 5.75 Å². The second-order valence-electron chi connectivity index (χ2n) is 8.14. The highest BCUT2D eigenvalue weighted by Crippen LogP contribution is 2.37. The van der Waals surface area contributed by atoms with E-state index in [1.54, 1.807) is 73.7 Å². The number of rotatable bonds is 9. The van der Waals surface area contributed by atoms with E-state index in [1.807, 2.05) is 6.07 Å². The molecule has 1 amide bonds. The van der Waals surface area contributed by atoms with Crippen molar-refractivity contribution in [1.29, 1.82) is 0 Å². The molecule has 0 spiro atoms. The van der Waals surface area contributed by atoms with Crippen molar-refractivity contribution in [2.24, 2.45) is 0 Å². The lowest BCUT2D eigenvalue weighted by atomic mass is 10.00. The molecule has 1 heterocycles. The topological polar surface area (TPSA) is 112 Å². The maximum absolute atomic E-state index is 13.9. The Bertz CT molecular complexity index is 1520. The predicted molar refractivity (Wildman–Crippen MR) is 138 cm³/mol. The molecule has 0 unspecified atom stereocenters. The molecule has 0 bridgehead atoms. The number of para-hydroxylation sites is 1. The van der Waals surface area contributed by atoms with Gasteiger partial charge in [0.25, 0.3) is 5.91 Å². The maximum atomic E-state index is 13.9. The van der Waals surface area contributed by atoms with Crippen molar-refractivity contribution in [2.75, 3.05) is 12.9 Å². The summed E-state index contributed by atoms with van der Waals surface area (Å²) < 4.78 is 35.1. The number of hydrogen-bond acceptors (Lipinski definition) is 7. The molecule has 0 aliphatic heterocycles. The first-order chi connectivity index (χ1) is 17.8. The first kappa shape index (κ1) is 25.7. The fourth-order valence-electron chi connectivity index (χ4n) is 3.90. The van der Waals surface area contributed by atoms with Crippen molar-refractivity contribution in [1.82, 2.24) is 10.3 Å². The Labute approximate surface area is 215 Å². The van der Waals surface area contributed by atoms with Gasteiger partial charge in [-0.1, -0.05) is 60.7 Å². The summed E-state index contributed by atoms with van der Waals surface area (Å²) in [5, 5.41) is 3.27. The summed E-state index contributed by atoms with van der Waals surface area (Å²) in [5.74, 6) is -1.34. The minimum absolute atomic E-state index is 0.0244. The van der Waals surface area contributed by atoms with Gasteiger partial charge in [0.05, 0.1) is 36.4 Å². The van der Waals surface area contributed by atoms with Gasteiger partial charge in [-0.3, -0.25) is 9.59 Å². The third-order valence-corrected chi connectivity index (χ3v) is 5.89. The van der Waals surface area contributed by atoms with Crippen LogP contribution >= 0.6 is 0 Å². The van der Waals surface area contributed by atoms with Gasteiger partial charge < -0.3 is 14.2 Å². The number of hydrogen-bond donors (Lipinski definition) is 1. The van der Waals surface area contributed by atoms with Crippen LogP contribution in [0.15, 0.2) is 72.8 Å². The quantitative estimate of drug-likeness (QED) is 0.261. The fourth-order valence-corrected chi connectivity index (χ4v) is 4.36. The summed E-state index contributed by atoms with van der Waals surface area (Å²) in [5.41, 5.74) is 1.76. The Morgan fingerprint density at radius 1 is 1.03 bits per heavy atom. The number of esters is 1. The number of pyridine rings is 1. The summed E-state index contributed by atoms with van der Waals surface area (Å²) in [6.45, 7) is 1.90. The standard InChI is InChI=1S/C28H24N2O6S/c1-3-35-24(31)18-23(19-12-6-4-7-13-19)30-28(32)25-21-16-10-11-17-22(21)29-26(20-14-8-5-9-15-20)27(25)36-37(2,33)34/h4,6-8,10-17,23H,3,18H2,1-2H3,(H,30,32)/t23-/m0/s1. The normalized spacial score (nSPS) is 11.8. The van der Waals surface area contributed by atoms with Crippen LogP contribution in [0.4, 0.5) is 0 Å². The van der Waals surface area contributed by atoms with Gasteiger partial charge in [0.1, 0.15) is 5.69 Å². The Kier molecular flexibility index (Phi) is 7.70. The average Bonchev–Trinajstić information content (AvgIpc) is 2.88. The number of carbonyl (C=O) groups excluding carboxylic acids is 2. The second kappa shape index (κ2) is 11.1. The van der Waals surface area contributed by atoms with E-state index in [1.165, 1.54) is 0 Å². The Morgan fingerprint density at radius 3 is 2.43 bits per heavy atom. The molecule has 0 radical (unpaired) electrons. The molecule has 0 fully saturated rings. The zero-order valence-corrected chi connectivity index (χ0v) is 21.0. The van der Waals surface area contributed by atoms with Crippen LogP contribution in [0, 0.1) is 12.1 Å². The predicted octanol–water partition coefficient (Wildman–Crippen LogP) is 4.26. The maximum Gasteiger partial charge on any atom is 0.308 e. The zero-order chi connectivity index (χ0) is 26.4. The number of nitrogens with zero attached hydrogens (tertiary/aromatic N) is 1. The lowest BCUT2D eigenvalue weighted by Gasteiger charge is -2.21. The average molecular weight is 517 g/mol. The van der Waals surface area contributed by atoms with Gasteiger partial charge in [-0.2, -0.15) is 8.42 Å². The molecule has 0 aliphatic rings. The highest BCUT2D eigenvalue weighted by molar-refractivity contribution is 7.86. The van der Waals surface area contributed by atoms with E-state index in [-0.39, 0.29) is 30.0 Å². The number of nitrogens with one attached hydrogen (secondary N) is 1. The summed E-state index contributed by atoms with van der Waals surface area (Å²) in [6, 6.07) is 25.5. The molecule has 0 aliphatic carbocycles. The number of fused-ring (bicyclic) bond motifs is 1. The first-order valence-corrected chi connectivity index (χ1v) is 13.3. The van der Waals surface area contributed by atoms with E-state index in [9.17, 15) is 18.0 Å². The van der Waals surface area contributed by atoms with Crippen LogP contribution in [-0.4, -0.2) is 38.1 Å². The van der Waals surface area contributed by atoms with Crippen molar-refractivity contribution in [3.05, 3.63) is 96.1 Å². The van der Waals surface area contributed by atoms with Crippen molar-refractivity contribution < 1.29 is 26.9 Å². The molecule has 1 atom stereocenters. The zero-order valence-electron chi connectivity index (χ0n) is 20.2. The summed E-state index contributed by atoms with van der Waals surface area (Å²) >= 11 is 0. The SMILES string of the molecule is CCOC(=O)C[C@H](NC(=O)c1c(OS(C)(=O)=O)c(-c2cc#ccc2)nc2ccccc12)c1ccccc1. The van der Waals surface area contributed by atoms with Crippen LogP contribution in [0.3, 0.4) is 0 Å². The molecule has 0 saturated heterocycles. The Hall–Kier alpha value is -4.42. The molecule has 37 heavy (non-hydrogen) atoms. The van der Waals surface area contributed by atoms with Gasteiger partial charge in [-0.25, -0.2) is 4.98 Å². The Balaban J connectivity index is 1.89. The Morgan fingerprint density at radius 2 is 1.76 bits per heavy atom. The van der Waals surface area contributed by atoms with E-state index in [2.05, 4.69) is 22.4 Å². The van der Waals surface area contributed by atoms with E-state index < -0.39 is 28.0 Å². The minimum Gasteiger partial charge on any atom is -0.466 e. The first-order valence-electron chi connectivity index (χ1n) is 11.5. The highest BCUT2D eigenvalue weighted by atomic mass is 32.2. The van der Waals surface area contributed by atoms with Crippen LogP contribution < -0.4 is 9.50 Å². The van der Waals surface area contributed by atoms with Crippen LogP contribution in [0.25, 0.3) is 22.2 Å². The highest BCUT2D eigenvalue weighted by Gasteiger charge is 2.28. The fraction of sp³-hybridized carbons (Fsp3) is 0.179. The molecule has 3 aromatic carbocycles. The van der Waals surface area contributed by atoms with Crippen LogP contribution in [0.2, 0.25) is 0 Å². The van der Waals surface area contributed by atoms with E-state index in [0.29, 0.717) is 22.0 Å². The lowest BCUT2D eigenvalue weighted by molar-refractivity contribution is -0.143. The van der Waals surface area contributed by atoms with E-state index >= 15 is 0 Å². The molecule has 0 saturated carbocycles. The molecule has 8 nitrogen and oxygen atoms in total. The summed E-state index contributed by atoms with van der Waals surface area (Å²) in [6.07, 6.45) is 0.775. The molecular formula is C28H24N2O6S. The number of carbonyl (C=O) groups is 2. The van der Waals surface area contributed by atoms with Crippen molar-refractivity contribution in [3.63, 3.8) is 0 Å². The van der Waals surface area contributed by atoms with Gasteiger partial charge >= 0.3 is 16.1 Å². The van der Waals surface area contributed by atoms with Crippen molar-refractivity contribution in [3.8, 4) is 17.0 Å². The monoisotopic (exact) mass is 516 g/mol. The van der Waals surface area contributed by atoms with Crippen LogP contribution in [-0.2, 0) is 19.6 Å². The van der Waals surface area contributed by atoms with Gasteiger partial charge in [-0.05, 0) is 36.8 Å². The van der Waals surface area contributed by atoms with Crippen LogP contribution in [0.1, 0.15) is 35.3 Å². The van der Waals surface area contributed by atoms with Crippen LogP contribution in [0.5, 0.6) is 5.75 Å². The number of amides is 1. The lowest BCUT2D eigenvalue weighted by Crippen LogP contribution is -2.31. The number of benzene rings is 2. The van der Waals surface area contributed by atoms with Gasteiger partial charge in [0, 0.05) is 10.9 Å². The molecule has 188 valence electrons. The summed E-state index contributed by atoms with van der Waals surface area (Å²) in [4.78, 5) is 30.9. The molecule has 1 aromatic heterocycles. The second-order valence-corrected chi connectivity index (χ2v) is 9.71. The summed E-state index contributed by atoms with van der Waals surface area (Å²) in [7, 11) is -4.05. The van der Waals surface area contributed by atoms with E-state index in [4.69, 9.17) is 8.92 Å². The third-order valence-electron chi connectivity index (χ3n) is 5.42. The molecule has 9 heteroatoms. The molecular weight excluding hydrogens is 492 g/mol. The van der Waals surface area contributed by atoms with E-state index in [0.717, 1.165) is 6.26 Å². The van der Waals surface area contributed by atoms with Crippen molar-refractivity contribution >= 4 is 32.9 Å². The minimum atomic E-state index is -4.05. The largest absolute Gasteiger partial charge is 0.466 e. The van der Waals surface area contributed by atoms with Crippen molar-refractivity contribution in [2.45, 2.75) is 19.4 Å². The van der Waals surface area contributed by atoms with Gasteiger partial charge in [0.2, 0.25) is 0 Å². The number of ether oxygens (including phenoxy) is 1. The molecule has 4 rings (SSSR count). The smallest absolute Gasteiger partial charge is 0.308 e. The molecule has 4 aromatic rings. The molecule has 1 N–H and O–H groups in total. The third kappa shape index (κ3) is 6.23.